The average Bonchev–Trinajstić information content (AvgIpc) is 2.50. The average molecular weight is 347 g/mol. The van der Waals surface area contributed by atoms with E-state index in [2.05, 4.69) is 5.32 Å². The molecule has 1 aromatic carbocycles. The SMILES string of the molecule is COc1cc(Cl)c(Cl)cc1NC(=O)N1CCCC(C(=O)O)C1. The summed E-state index contributed by atoms with van der Waals surface area (Å²) in [6.07, 6.45) is 1.23. The van der Waals surface area contributed by atoms with Gasteiger partial charge in [-0.2, -0.15) is 0 Å². The number of carbonyl (C=O) groups is 2. The molecule has 0 spiro atoms. The van der Waals surface area contributed by atoms with Gasteiger partial charge in [0.15, 0.2) is 0 Å². The highest BCUT2D eigenvalue weighted by atomic mass is 35.5. The van der Waals surface area contributed by atoms with E-state index in [9.17, 15) is 9.59 Å². The van der Waals surface area contributed by atoms with Gasteiger partial charge in [-0.15, -0.1) is 0 Å². The van der Waals surface area contributed by atoms with Gasteiger partial charge in [0.25, 0.3) is 0 Å². The fraction of sp³-hybridized carbons (Fsp3) is 0.429. The molecule has 22 heavy (non-hydrogen) atoms. The topological polar surface area (TPSA) is 78.9 Å². The third kappa shape index (κ3) is 3.75. The molecule has 1 fully saturated rings. The Balaban J connectivity index is 2.11. The Hall–Kier alpha value is -1.66. The normalized spacial score (nSPS) is 18.0. The number of amides is 2. The minimum Gasteiger partial charge on any atom is -0.495 e. The molecule has 2 amide bonds. The summed E-state index contributed by atoms with van der Waals surface area (Å²) in [4.78, 5) is 24.8. The van der Waals surface area contributed by atoms with Crippen molar-refractivity contribution in [2.75, 3.05) is 25.5 Å². The van der Waals surface area contributed by atoms with Crippen LogP contribution in [-0.2, 0) is 4.79 Å². The Bertz CT molecular complexity index is 594. The van der Waals surface area contributed by atoms with Gasteiger partial charge in [-0.1, -0.05) is 23.2 Å². The predicted octanol–water partition coefficient (Wildman–Crippen LogP) is 3.33. The van der Waals surface area contributed by atoms with Crippen LogP contribution < -0.4 is 10.1 Å². The molecule has 2 N–H and O–H groups in total. The van der Waals surface area contributed by atoms with E-state index in [0.29, 0.717) is 40.9 Å². The van der Waals surface area contributed by atoms with Crippen LogP contribution in [0.1, 0.15) is 12.8 Å². The van der Waals surface area contributed by atoms with Crippen molar-refractivity contribution in [3.05, 3.63) is 22.2 Å². The van der Waals surface area contributed by atoms with Crippen LogP contribution in [0.4, 0.5) is 10.5 Å². The van der Waals surface area contributed by atoms with E-state index in [1.54, 1.807) is 0 Å². The summed E-state index contributed by atoms with van der Waals surface area (Å²) >= 11 is 11.9. The first-order valence-electron chi connectivity index (χ1n) is 6.74. The lowest BCUT2D eigenvalue weighted by atomic mass is 9.99. The smallest absolute Gasteiger partial charge is 0.321 e. The van der Waals surface area contributed by atoms with E-state index in [0.717, 1.165) is 0 Å². The van der Waals surface area contributed by atoms with Crippen molar-refractivity contribution in [2.45, 2.75) is 12.8 Å². The number of carboxylic acid groups (broad SMARTS) is 1. The number of benzene rings is 1. The summed E-state index contributed by atoms with van der Waals surface area (Å²) in [5, 5.41) is 12.4. The van der Waals surface area contributed by atoms with E-state index in [4.69, 9.17) is 33.0 Å². The number of nitrogens with one attached hydrogen (secondary N) is 1. The molecule has 1 aliphatic rings. The van der Waals surface area contributed by atoms with E-state index >= 15 is 0 Å². The van der Waals surface area contributed by atoms with Gasteiger partial charge in [-0.25, -0.2) is 4.79 Å². The van der Waals surface area contributed by atoms with Crippen LogP contribution in [0.15, 0.2) is 12.1 Å². The maximum atomic E-state index is 12.3. The maximum Gasteiger partial charge on any atom is 0.321 e. The van der Waals surface area contributed by atoms with Crippen molar-refractivity contribution in [3.63, 3.8) is 0 Å². The Kier molecular flexibility index (Phi) is 5.37. The summed E-state index contributed by atoms with van der Waals surface area (Å²) in [6.45, 7) is 0.698. The lowest BCUT2D eigenvalue weighted by molar-refractivity contribution is -0.143. The maximum absolute atomic E-state index is 12.3. The van der Waals surface area contributed by atoms with Crippen LogP contribution >= 0.6 is 23.2 Å². The largest absolute Gasteiger partial charge is 0.495 e. The molecule has 0 radical (unpaired) electrons. The number of carbonyl (C=O) groups excluding carboxylic acids is 1. The van der Waals surface area contributed by atoms with Gasteiger partial charge in [0.2, 0.25) is 0 Å². The molecule has 1 aromatic rings. The number of hydrogen-bond donors (Lipinski definition) is 2. The number of anilines is 1. The van der Waals surface area contributed by atoms with Gasteiger partial charge in [0.1, 0.15) is 5.75 Å². The Labute approximate surface area is 137 Å². The molecule has 0 bridgehead atoms. The predicted molar refractivity (Wildman–Crippen MR) is 84.0 cm³/mol. The second-order valence-corrected chi connectivity index (χ2v) is 5.83. The minimum atomic E-state index is -0.885. The van der Waals surface area contributed by atoms with Crippen LogP contribution in [0.5, 0.6) is 5.75 Å². The van der Waals surface area contributed by atoms with Crippen molar-refractivity contribution in [1.82, 2.24) is 4.90 Å². The Morgan fingerprint density at radius 1 is 1.36 bits per heavy atom. The molecule has 1 unspecified atom stereocenters. The zero-order chi connectivity index (χ0) is 16.3. The zero-order valence-corrected chi connectivity index (χ0v) is 13.4. The van der Waals surface area contributed by atoms with Crippen LogP contribution in [-0.4, -0.2) is 42.2 Å². The number of aliphatic carboxylic acids is 1. The second-order valence-electron chi connectivity index (χ2n) is 5.02. The second kappa shape index (κ2) is 7.07. The summed E-state index contributed by atoms with van der Waals surface area (Å²) < 4.78 is 5.16. The fourth-order valence-electron chi connectivity index (χ4n) is 2.35. The van der Waals surface area contributed by atoms with Crippen LogP contribution in [0, 0.1) is 5.92 Å². The zero-order valence-electron chi connectivity index (χ0n) is 11.9. The molecule has 0 aliphatic carbocycles. The highest BCUT2D eigenvalue weighted by Crippen LogP contribution is 2.34. The highest BCUT2D eigenvalue weighted by molar-refractivity contribution is 6.42. The molecule has 2 rings (SSSR count). The first-order valence-corrected chi connectivity index (χ1v) is 7.49. The monoisotopic (exact) mass is 346 g/mol. The third-order valence-corrected chi connectivity index (χ3v) is 4.26. The highest BCUT2D eigenvalue weighted by Gasteiger charge is 2.28. The Morgan fingerprint density at radius 3 is 2.68 bits per heavy atom. The molecule has 6 nitrogen and oxygen atoms in total. The summed E-state index contributed by atoms with van der Waals surface area (Å²) in [6, 6.07) is 2.62. The van der Waals surface area contributed by atoms with Crippen molar-refractivity contribution < 1.29 is 19.4 Å². The fourth-order valence-corrected chi connectivity index (χ4v) is 2.67. The summed E-state index contributed by atoms with van der Waals surface area (Å²) in [7, 11) is 1.45. The summed E-state index contributed by atoms with van der Waals surface area (Å²) in [5.41, 5.74) is 0.388. The molecular formula is C14H16Cl2N2O4. The number of nitrogens with zero attached hydrogens (tertiary/aromatic N) is 1. The number of likely N-dealkylation sites (tertiary alicyclic amines) is 1. The number of halogens is 2. The Morgan fingerprint density at radius 2 is 2.05 bits per heavy atom. The van der Waals surface area contributed by atoms with Gasteiger partial charge in [-0.05, 0) is 18.9 Å². The number of hydrogen-bond acceptors (Lipinski definition) is 3. The molecule has 8 heteroatoms. The molecule has 1 atom stereocenters. The van der Waals surface area contributed by atoms with E-state index in [1.165, 1.54) is 24.1 Å². The molecule has 120 valence electrons. The lowest BCUT2D eigenvalue weighted by Crippen LogP contribution is -2.44. The number of urea groups is 1. The number of ether oxygens (including phenoxy) is 1. The molecule has 1 heterocycles. The molecule has 0 aromatic heterocycles. The van der Waals surface area contributed by atoms with E-state index in [1.807, 2.05) is 0 Å². The number of methoxy groups -OCH3 is 1. The van der Waals surface area contributed by atoms with Crippen molar-refractivity contribution in [1.29, 1.82) is 0 Å². The van der Waals surface area contributed by atoms with E-state index < -0.39 is 11.9 Å². The first-order chi connectivity index (χ1) is 10.4. The lowest BCUT2D eigenvalue weighted by Gasteiger charge is -2.30. The number of rotatable bonds is 3. The van der Waals surface area contributed by atoms with Crippen molar-refractivity contribution in [3.8, 4) is 5.75 Å². The van der Waals surface area contributed by atoms with Gasteiger partial charge in [-0.3, -0.25) is 4.79 Å². The first kappa shape index (κ1) is 16.7. The van der Waals surface area contributed by atoms with Gasteiger partial charge < -0.3 is 20.1 Å². The van der Waals surface area contributed by atoms with Crippen LogP contribution in [0.2, 0.25) is 10.0 Å². The van der Waals surface area contributed by atoms with Crippen molar-refractivity contribution >= 4 is 40.9 Å². The minimum absolute atomic E-state index is 0.185. The summed E-state index contributed by atoms with van der Waals surface area (Å²) in [5.74, 6) is -1.03. The molecular weight excluding hydrogens is 331 g/mol. The standard InChI is InChI=1S/C14H16Cl2N2O4/c1-22-12-6-10(16)9(15)5-11(12)17-14(21)18-4-2-3-8(7-18)13(19)20/h5-6,8H,2-4,7H2,1H3,(H,17,21)(H,19,20). The van der Waals surface area contributed by atoms with Gasteiger partial charge in [0.05, 0.1) is 28.8 Å². The molecule has 0 saturated carbocycles. The van der Waals surface area contributed by atoms with Crippen LogP contribution in [0.25, 0.3) is 0 Å². The van der Waals surface area contributed by atoms with E-state index in [-0.39, 0.29) is 12.6 Å². The third-order valence-electron chi connectivity index (χ3n) is 3.54. The van der Waals surface area contributed by atoms with Gasteiger partial charge in [0, 0.05) is 19.2 Å². The van der Waals surface area contributed by atoms with Gasteiger partial charge >= 0.3 is 12.0 Å². The number of carboxylic acids is 1. The molecule has 1 aliphatic heterocycles. The van der Waals surface area contributed by atoms with Crippen molar-refractivity contribution in [2.24, 2.45) is 5.92 Å². The number of piperidine rings is 1. The molecule has 1 saturated heterocycles. The quantitative estimate of drug-likeness (QED) is 0.879. The van der Waals surface area contributed by atoms with Crippen LogP contribution in [0.3, 0.4) is 0 Å².